The van der Waals surface area contributed by atoms with Crippen molar-refractivity contribution in [2.24, 2.45) is 10.2 Å². The van der Waals surface area contributed by atoms with E-state index >= 15 is 0 Å². The molecule has 150 valence electrons. The number of ketones is 1. The quantitative estimate of drug-likeness (QED) is 0.251. The van der Waals surface area contributed by atoms with E-state index in [4.69, 9.17) is 4.74 Å². The molecule has 3 aromatic carbocycles. The van der Waals surface area contributed by atoms with Crippen molar-refractivity contribution in [3.8, 4) is 11.5 Å². The van der Waals surface area contributed by atoms with Gasteiger partial charge < -0.3 is 14.9 Å². The summed E-state index contributed by atoms with van der Waals surface area (Å²) in [6.45, 7) is 3.42. The second kappa shape index (κ2) is 9.29. The van der Waals surface area contributed by atoms with Gasteiger partial charge in [0.25, 0.3) is 0 Å². The summed E-state index contributed by atoms with van der Waals surface area (Å²) in [6.07, 6.45) is 1.08. The van der Waals surface area contributed by atoms with Gasteiger partial charge in [0.15, 0.2) is 17.2 Å². The molecule has 0 spiro atoms. The third kappa shape index (κ3) is 4.77. The van der Waals surface area contributed by atoms with E-state index in [0.29, 0.717) is 11.3 Å². The van der Waals surface area contributed by atoms with Crippen LogP contribution in [0.3, 0.4) is 0 Å². The second-order valence-electron chi connectivity index (χ2n) is 6.20. The number of azo groups is 1. The number of hydrogen-bond acceptors (Lipinski definition) is 7. The summed E-state index contributed by atoms with van der Waals surface area (Å²) in [4.78, 5) is 23.7. The molecule has 0 radical (unpaired) electrons. The molecule has 30 heavy (non-hydrogen) atoms. The Morgan fingerprint density at radius 2 is 1.63 bits per heavy atom. The first-order chi connectivity index (χ1) is 14.5. The Bertz CT molecular complexity index is 1110. The highest BCUT2D eigenvalue weighted by Crippen LogP contribution is 2.40. The SMILES string of the molecule is C=CC(=O)OCc1ccc(/N=N/c2c(O)ccc(C(=O)c3ccccc3)c2O)cc1. The standard InChI is InChI=1S/C23H18N2O5/c1-2-20(27)30-14-15-8-10-17(11-9-15)24-25-21-19(26)13-12-18(23(21)29)22(28)16-6-4-3-5-7-16/h2-13,26,29H,1,14H2/b25-24+. The minimum Gasteiger partial charge on any atom is -0.505 e. The van der Waals surface area contributed by atoms with Crippen molar-refractivity contribution in [1.82, 2.24) is 0 Å². The molecule has 0 bridgehead atoms. The average molecular weight is 402 g/mol. The molecule has 7 heteroatoms. The van der Waals surface area contributed by atoms with Crippen molar-refractivity contribution in [3.05, 3.63) is 96.1 Å². The number of phenolic OH excluding ortho intramolecular Hbond substituents is 2. The molecule has 0 aromatic heterocycles. The van der Waals surface area contributed by atoms with Crippen molar-refractivity contribution in [1.29, 1.82) is 0 Å². The van der Waals surface area contributed by atoms with Crippen LogP contribution in [-0.4, -0.2) is 22.0 Å². The summed E-state index contributed by atoms with van der Waals surface area (Å²) >= 11 is 0. The zero-order valence-corrected chi connectivity index (χ0v) is 15.9. The van der Waals surface area contributed by atoms with Crippen LogP contribution in [0.4, 0.5) is 11.4 Å². The number of hydrogen-bond donors (Lipinski definition) is 2. The number of benzene rings is 3. The van der Waals surface area contributed by atoms with E-state index in [2.05, 4.69) is 16.8 Å². The second-order valence-corrected chi connectivity index (χ2v) is 6.20. The lowest BCUT2D eigenvalue weighted by Gasteiger charge is -2.07. The summed E-state index contributed by atoms with van der Waals surface area (Å²) in [5.74, 6) is -1.69. The van der Waals surface area contributed by atoms with E-state index in [0.717, 1.165) is 11.6 Å². The first-order valence-electron chi connectivity index (χ1n) is 8.94. The van der Waals surface area contributed by atoms with E-state index < -0.39 is 17.5 Å². The minimum atomic E-state index is -0.519. The van der Waals surface area contributed by atoms with Crippen LogP contribution in [-0.2, 0) is 16.1 Å². The number of carbonyl (C=O) groups is 2. The number of rotatable bonds is 7. The van der Waals surface area contributed by atoms with E-state index in [1.165, 1.54) is 12.1 Å². The summed E-state index contributed by atoms with van der Waals surface area (Å²) in [5.41, 5.74) is 1.37. The molecule has 0 heterocycles. The summed E-state index contributed by atoms with van der Waals surface area (Å²) < 4.78 is 4.94. The Hall–Kier alpha value is -4.26. The number of ether oxygens (including phenoxy) is 1. The zero-order valence-electron chi connectivity index (χ0n) is 15.9. The van der Waals surface area contributed by atoms with E-state index in [9.17, 15) is 19.8 Å². The monoisotopic (exact) mass is 402 g/mol. The van der Waals surface area contributed by atoms with Crippen molar-refractivity contribution in [3.63, 3.8) is 0 Å². The van der Waals surface area contributed by atoms with Crippen LogP contribution in [0.15, 0.2) is 89.6 Å². The van der Waals surface area contributed by atoms with Crippen molar-refractivity contribution in [2.75, 3.05) is 0 Å². The zero-order chi connectivity index (χ0) is 21.5. The summed E-state index contributed by atoms with van der Waals surface area (Å²) in [6, 6.07) is 17.7. The van der Waals surface area contributed by atoms with Gasteiger partial charge >= 0.3 is 5.97 Å². The number of phenols is 2. The van der Waals surface area contributed by atoms with E-state index in [-0.39, 0.29) is 23.6 Å². The highest BCUT2D eigenvalue weighted by atomic mass is 16.5. The van der Waals surface area contributed by atoms with Gasteiger partial charge in [0.2, 0.25) is 0 Å². The lowest BCUT2D eigenvalue weighted by atomic mass is 10.0. The number of nitrogens with zero attached hydrogens (tertiary/aromatic N) is 2. The molecule has 3 aromatic rings. The molecular formula is C23H18N2O5. The van der Waals surface area contributed by atoms with Gasteiger partial charge in [0.05, 0.1) is 11.3 Å². The van der Waals surface area contributed by atoms with Crippen LogP contribution < -0.4 is 0 Å². The van der Waals surface area contributed by atoms with Gasteiger partial charge in [-0.3, -0.25) is 4.79 Å². The molecule has 3 rings (SSSR count). The largest absolute Gasteiger partial charge is 0.505 e. The maximum Gasteiger partial charge on any atom is 0.330 e. The smallest absolute Gasteiger partial charge is 0.330 e. The van der Waals surface area contributed by atoms with Crippen LogP contribution in [0.1, 0.15) is 21.5 Å². The molecule has 0 aliphatic heterocycles. The molecule has 7 nitrogen and oxygen atoms in total. The molecule has 2 N–H and O–H groups in total. The van der Waals surface area contributed by atoms with E-state index in [1.54, 1.807) is 54.6 Å². The fourth-order valence-corrected chi connectivity index (χ4v) is 2.58. The van der Waals surface area contributed by atoms with Gasteiger partial charge in [-0.05, 0) is 29.8 Å². The van der Waals surface area contributed by atoms with Crippen LogP contribution in [0, 0.1) is 0 Å². The number of aromatic hydroxyl groups is 2. The Kier molecular flexibility index (Phi) is 6.34. The predicted molar refractivity (Wildman–Crippen MR) is 110 cm³/mol. The van der Waals surface area contributed by atoms with Crippen molar-refractivity contribution in [2.45, 2.75) is 6.61 Å². The van der Waals surface area contributed by atoms with Crippen LogP contribution >= 0.6 is 0 Å². The highest BCUT2D eigenvalue weighted by Gasteiger charge is 2.19. The van der Waals surface area contributed by atoms with Crippen molar-refractivity contribution < 1.29 is 24.5 Å². The Labute approximate surface area is 172 Å². The molecule has 0 unspecified atom stereocenters. The molecule has 0 amide bonds. The van der Waals surface area contributed by atoms with Crippen LogP contribution in [0.25, 0.3) is 0 Å². The van der Waals surface area contributed by atoms with Crippen LogP contribution in [0.2, 0.25) is 0 Å². The van der Waals surface area contributed by atoms with Crippen molar-refractivity contribution >= 4 is 23.1 Å². The minimum absolute atomic E-state index is 0.00679. The first-order valence-corrected chi connectivity index (χ1v) is 8.94. The Morgan fingerprint density at radius 3 is 2.30 bits per heavy atom. The third-order valence-corrected chi connectivity index (χ3v) is 4.16. The lowest BCUT2D eigenvalue weighted by Crippen LogP contribution is -2.01. The Balaban J connectivity index is 1.81. The normalized spacial score (nSPS) is 10.7. The van der Waals surface area contributed by atoms with Gasteiger partial charge in [-0.2, -0.15) is 5.11 Å². The van der Waals surface area contributed by atoms with Gasteiger partial charge in [-0.1, -0.05) is 49.0 Å². The molecule has 0 saturated carbocycles. The maximum atomic E-state index is 12.6. The first kappa shape index (κ1) is 20.5. The lowest BCUT2D eigenvalue weighted by molar-refractivity contribution is -0.138. The van der Waals surface area contributed by atoms with Gasteiger partial charge in [-0.25, -0.2) is 4.79 Å². The molecular weight excluding hydrogens is 384 g/mol. The maximum absolute atomic E-state index is 12.6. The molecule has 0 fully saturated rings. The predicted octanol–water partition coefficient (Wildman–Crippen LogP) is 4.97. The molecule has 0 aliphatic carbocycles. The third-order valence-electron chi connectivity index (χ3n) is 4.16. The molecule has 0 saturated heterocycles. The average Bonchev–Trinajstić information content (AvgIpc) is 2.78. The Morgan fingerprint density at radius 1 is 0.933 bits per heavy atom. The summed E-state index contributed by atoms with van der Waals surface area (Å²) in [5, 5.41) is 28.4. The highest BCUT2D eigenvalue weighted by molar-refractivity contribution is 6.11. The molecule has 0 aliphatic rings. The fraction of sp³-hybridized carbons (Fsp3) is 0.0435. The fourth-order valence-electron chi connectivity index (χ4n) is 2.58. The van der Waals surface area contributed by atoms with Crippen LogP contribution in [0.5, 0.6) is 11.5 Å². The number of carbonyl (C=O) groups excluding carboxylic acids is 2. The molecule has 0 atom stereocenters. The van der Waals surface area contributed by atoms with Gasteiger partial charge in [0, 0.05) is 11.6 Å². The van der Waals surface area contributed by atoms with Gasteiger partial charge in [-0.15, -0.1) is 5.11 Å². The van der Waals surface area contributed by atoms with E-state index in [1.807, 2.05) is 0 Å². The topological polar surface area (TPSA) is 109 Å². The number of esters is 1. The summed E-state index contributed by atoms with van der Waals surface area (Å²) in [7, 11) is 0. The van der Waals surface area contributed by atoms with Gasteiger partial charge in [0.1, 0.15) is 12.4 Å².